The molecular formula is C31H28N4O7. The second-order valence-corrected chi connectivity index (χ2v) is 9.33. The number of nitriles is 1. The fourth-order valence-electron chi connectivity index (χ4n) is 4.30. The Morgan fingerprint density at radius 1 is 1.05 bits per heavy atom. The van der Waals surface area contributed by atoms with E-state index in [0.717, 1.165) is 22.3 Å². The van der Waals surface area contributed by atoms with Gasteiger partial charge in [0.25, 0.3) is 0 Å². The monoisotopic (exact) mass is 568 g/mol. The lowest BCUT2D eigenvalue weighted by molar-refractivity contribution is -0.386. The molecule has 1 aromatic heterocycles. The molecule has 0 saturated heterocycles. The molecule has 0 spiro atoms. The number of carboxylic acids is 1. The minimum Gasteiger partial charge on any atom is -0.488 e. The number of carboxylic acid groups (broad SMARTS) is 1. The molecule has 4 rings (SSSR count). The van der Waals surface area contributed by atoms with Crippen LogP contribution < -0.4 is 14.8 Å². The molecule has 0 bridgehead atoms. The van der Waals surface area contributed by atoms with Gasteiger partial charge in [-0.3, -0.25) is 20.2 Å². The van der Waals surface area contributed by atoms with Crippen LogP contribution in [-0.2, 0) is 24.6 Å². The second-order valence-electron chi connectivity index (χ2n) is 9.33. The summed E-state index contributed by atoms with van der Waals surface area (Å²) < 4.78 is 12.0. The number of benzene rings is 3. The van der Waals surface area contributed by atoms with Crippen LogP contribution in [0, 0.1) is 28.4 Å². The summed E-state index contributed by atoms with van der Waals surface area (Å²) in [6.45, 7) is 1.19. The highest BCUT2D eigenvalue weighted by Crippen LogP contribution is 2.36. The number of carbonyl (C=O) groups is 1. The number of pyridine rings is 1. The van der Waals surface area contributed by atoms with Crippen LogP contribution in [-0.4, -0.2) is 38.7 Å². The molecule has 11 nitrogen and oxygen atoms in total. The summed E-state index contributed by atoms with van der Waals surface area (Å²) in [6, 6.07) is 22.2. The molecule has 42 heavy (non-hydrogen) atoms. The predicted octanol–water partition coefficient (Wildman–Crippen LogP) is 4.53. The number of aliphatic carboxylic acids is 1. The molecule has 0 unspecified atom stereocenters. The number of aromatic nitrogens is 1. The quantitative estimate of drug-likeness (QED) is 0.154. The first-order valence-electron chi connectivity index (χ1n) is 12.9. The summed E-state index contributed by atoms with van der Waals surface area (Å²) >= 11 is 0. The third-order valence-electron chi connectivity index (χ3n) is 6.61. The zero-order valence-corrected chi connectivity index (χ0v) is 22.7. The standard InChI is InChI=1S/C31H28N4O7/c1-20-23(8-5-9-26(20)22-6-3-2-4-7-22)19-42-30-14-29(41-18-21-10-11-33-25(12-21)15-32)24(13-28(30)35(39)40)16-34-27(17-36)31(37)38/h2-14,27,34,36H,16-19H2,1H3,(H,37,38)/t27-/m0/s1. The number of nitro groups is 1. The van der Waals surface area contributed by atoms with E-state index in [4.69, 9.17) is 14.7 Å². The minimum atomic E-state index is -1.29. The van der Waals surface area contributed by atoms with Crippen molar-refractivity contribution in [3.63, 3.8) is 0 Å². The number of aliphatic hydroxyl groups is 1. The lowest BCUT2D eigenvalue weighted by Gasteiger charge is -2.17. The Balaban J connectivity index is 1.65. The number of nitro benzene ring substituents is 1. The number of rotatable bonds is 13. The largest absolute Gasteiger partial charge is 0.488 e. The van der Waals surface area contributed by atoms with Gasteiger partial charge in [0.05, 0.1) is 11.5 Å². The van der Waals surface area contributed by atoms with Crippen molar-refractivity contribution in [2.75, 3.05) is 6.61 Å². The van der Waals surface area contributed by atoms with Crippen LogP contribution in [0.25, 0.3) is 11.1 Å². The summed E-state index contributed by atoms with van der Waals surface area (Å²) in [5.41, 5.74) is 4.65. The third kappa shape index (κ3) is 7.25. The van der Waals surface area contributed by atoms with Gasteiger partial charge in [-0.15, -0.1) is 0 Å². The Bertz CT molecular complexity index is 1620. The molecule has 0 aliphatic carbocycles. The Morgan fingerprint density at radius 3 is 2.50 bits per heavy atom. The molecule has 4 aromatic rings. The number of nitrogens with zero attached hydrogens (tertiary/aromatic N) is 3. The Morgan fingerprint density at radius 2 is 1.81 bits per heavy atom. The zero-order valence-electron chi connectivity index (χ0n) is 22.7. The predicted molar refractivity (Wildman–Crippen MR) is 153 cm³/mol. The first-order chi connectivity index (χ1) is 20.3. The first kappa shape index (κ1) is 29.7. The van der Waals surface area contributed by atoms with Crippen LogP contribution in [0.4, 0.5) is 5.69 Å². The normalized spacial score (nSPS) is 11.4. The molecule has 214 valence electrons. The van der Waals surface area contributed by atoms with Crippen LogP contribution in [0.3, 0.4) is 0 Å². The van der Waals surface area contributed by atoms with Crippen LogP contribution in [0.15, 0.2) is 79.0 Å². The van der Waals surface area contributed by atoms with Crippen molar-refractivity contribution in [3.05, 3.63) is 117 Å². The van der Waals surface area contributed by atoms with Crippen molar-refractivity contribution in [1.82, 2.24) is 10.3 Å². The lowest BCUT2D eigenvalue weighted by Crippen LogP contribution is -2.39. The van der Waals surface area contributed by atoms with E-state index < -0.39 is 23.5 Å². The van der Waals surface area contributed by atoms with Gasteiger partial charge in [-0.25, -0.2) is 4.98 Å². The molecule has 11 heteroatoms. The number of ether oxygens (including phenoxy) is 2. The number of aliphatic hydroxyl groups excluding tert-OH is 1. The van der Waals surface area contributed by atoms with E-state index >= 15 is 0 Å². The minimum absolute atomic E-state index is 0.00202. The topological polar surface area (TPSA) is 168 Å². The van der Waals surface area contributed by atoms with E-state index in [1.54, 1.807) is 12.1 Å². The molecule has 1 atom stereocenters. The molecule has 0 amide bonds. The van der Waals surface area contributed by atoms with Gasteiger partial charge in [0.1, 0.15) is 36.8 Å². The molecule has 0 aliphatic rings. The molecule has 3 aromatic carbocycles. The third-order valence-corrected chi connectivity index (χ3v) is 6.61. The van der Waals surface area contributed by atoms with Gasteiger partial charge < -0.3 is 19.7 Å². The average molecular weight is 569 g/mol. The Kier molecular flexibility index (Phi) is 9.78. The highest BCUT2D eigenvalue weighted by Gasteiger charge is 2.23. The van der Waals surface area contributed by atoms with Gasteiger partial charge in [0, 0.05) is 30.4 Å². The fourth-order valence-corrected chi connectivity index (χ4v) is 4.30. The van der Waals surface area contributed by atoms with Crippen LogP contribution in [0.5, 0.6) is 11.5 Å². The van der Waals surface area contributed by atoms with E-state index in [0.29, 0.717) is 5.56 Å². The van der Waals surface area contributed by atoms with E-state index in [1.807, 2.05) is 61.5 Å². The van der Waals surface area contributed by atoms with Gasteiger partial charge in [0.15, 0.2) is 0 Å². The van der Waals surface area contributed by atoms with Crippen molar-refractivity contribution in [2.45, 2.75) is 32.7 Å². The number of hydrogen-bond donors (Lipinski definition) is 3. The summed E-state index contributed by atoms with van der Waals surface area (Å²) in [6.07, 6.45) is 1.47. The van der Waals surface area contributed by atoms with E-state index in [2.05, 4.69) is 10.3 Å². The highest BCUT2D eigenvalue weighted by molar-refractivity contribution is 5.73. The van der Waals surface area contributed by atoms with Crippen molar-refractivity contribution in [2.24, 2.45) is 0 Å². The van der Waals surface area contributed by atoms with Crippen molar-refractivity contribution in [3.8, 4) is 28.7 Å². The smallest absolute Gasteiger partial charge is 0.323 e. The van der Waals surface area contributed by atoms with Gasteiger partial charge in [-0.2, -0.15) is 5.26 Å². The highest BCUT2D eigenvalue weighted by atomic mass is 16.6. The fraction of sp³-hybridized carbons (Fsp3) is 0.194. The molecule has 0 aliphatic heterocycles. The first-order valence-corrected chi connectivity index (χ1v) is 12.9. The molecular weight excluding hydrogens is 540 g/mol. The van der Waals surface area contributed by atoms with E-state index in [-0.39, 0.29) is 48.2 Å². The van der Waals surface area contributed by atoms with Gasteiger partial charge in [-0.1, -0.05) is 48.5 Å². The van der Waals surface area contributed by atoms with Crippen molar-refractivity contribution < 1.29 is 29.4 Å². The second kappa shape index (κ2) is 13.8. The van der Waals surface area contributed by atoms with E-state index in [9.17, 15) is 25.1 Å². The van der Waals surface area contributed by atoms with Crippen molar-refractivity contribution in [1.29, 1.82) is 5.26 Å². The number of nitrogens with one attached hydrogen (secondary N) is 1. The molecule has 1 heterocycles. The lowest BCUT2D eigenvalue weighted by atomic mass is 9.97. The Labute approximate surface area is 241 Å². The molecule has 0 radical (unpaired) electrons. The summed E-state index contributed by atoms with van der Waals surface area (Å²) in [4.78, 5) is 26.8. The van der Waals surface area contributed by atoms with Crippen LogP contribution in [0.2, 0.25) is 0 Å². The van der Waals surface area contributed by atoms with Gasteiger partial charge in [-0.05, 0) is 46.9 Å². The van der Waals surface area contributed by atoms with Crippen molar-refractivity contribution >= 4 is 11.7 Å². The average Bonchev–Trinajstić information content (AvgIpc) is 3.00. The SMILES string of the molecule is Cc1c(COc2cc(OCc3ccnc(C#N)c3)c(CN[C@@H](CO)C(=O)O)cc2[N+](=O)[O-])cccc1-c1ccccc1. The zero-order chi connectivity index (χ0) is 30.1. The summed E-state index contributed by atoms with van der Waals surface area (Å²) in [5, 5.41) is 42.5. The van der Waals surface area contributed by atoms with Gasteiger partial charge >= 0.3 is 11.7 Å². The van der Waals surface area contributed by atoms with E-state index in [1.165, 1.54) is 18.3 Å². The Hall–Kier alpha value is -5.31. The molecule has 0 fully saturated rings. The maximum absolute atomic E-state index is 12.0. The van der Waals surface area contributed by atoms with Gasteiger partial charge in [0.2, 0.25) is 5.75 Å². The number of hydrogen-bond acceptors (Lipinski definition) is 9. The van der Waals surface area contributed by atoms with Crippen LogP contribution >= 0.6 is 0 Å². The molecule has 3 N–H and O–H groups in total. The maximum Gasteiger partial charge on any atom is 0.323 e. The molecule has 0 saturated carbocycles. The van der Waals surface area contributed by atoms with Crippen LogP contribution in [0.1, 0.15) is 27.9 Å². The maximum atomic E-state index is 12.0. The summed E-state index contributed by atoms with van der Waals surface area (Å²) in [7, 11) is 0. The summed E-state index contributed by atoms with van der Waals surface area (Å²) in [5.74, 6) is -1.11.